The fourth-order valence-corrected chi connectivity index (χ4v) is 2.05. The van der Waals surface area contributed by atoms with Gasteiger partial charge in [-0.05, 0) is 17.7 Å². The fraction of sp³-hybridized carbons (Fsp3) is 0.500. The summed E-state index contributed by atoms with van der Waals surface area (Å²) in [4.78, 5) is 0. The lowest BCUT2D eigenvalue weighted by Crippen LogP contribution is -2.44. The van der Waals surface area contributed by atoms with Gasteiger partial charge in [-0.2, -0.15) is 0 Å². The van der Waals surface area contributed by atoms with Crippen molar-refractivity contribution < 1.29 is 29.6 Å². The molecule has 1 aromatic rings. The zero-order valence-electron chi connectivity index (χ0n) is 9.53. The molecule has 5 nitrogen and oxygen atoms in total. The fourth-order valence-electron chi connectivity index (χ4n) is 2.05. The van der Waals surface area contributed by atoms with Crippen molar-refractivity contribution in [2.75, 3.05) is 6.61 Å². The normalized spacial score (nSPS) is 32.4. The predicted molar refractivity (Wildman–Crippen MR) is 59.4 cm³/mol. The number of phenols is 1. The molecule has 1 aliphatic rings. The molecule has 0 amide bonds. The summed E-state index contributed by atoms with van der Waals surface area (Å²) < 4.78 is 18.3. The number of aliphatic hydroxyl groups is 3. The van der Waals surface area contributed by atoms with E-state index in [1.165, 1.54) is 6.07 Å². The molecule has 0 bridgehead atoms. The van der Waals surface area contributed by atoms with E-state index in [1.54, 1.807) is 0 Å². The highest BCUT2D eigenvalue weighted by Gasteiger charge is 2.37. The Morgan fingerprint density at radius 3 is 2.67 bits per heavy atom. The maximum absolute atomic E-state index is 12.9. The average Bonchev–Trinajstić information content (AvgIpc) is 2.36. The zero-order valence-corrected chi connectivity index (χ0v) is 9.53. The van der Waals surface area contributed by atoms with Crippen molar-refractivity contribution in [1.82, 2.24) is 0 Å². The van der Waals surface area contributed by atoms with Gasteiger partial charge in [0.15, 0.2) is 11.6 Å². The molecule has 1 aromatic carbocycles. The summed E-state index contributed by atoms with van der Waals surface area (Å²) in [6.45, 7) is -0.284. The summed E-state index contributed by atoms with van der Waals surface area (Å²) in [5, 5.41) is 37.8. The van der Waals surface area contributed by atoms with Gasteiger partial charge < -0.3 is 25.2 Å². The minimum atomic E-state index is -1.18. The van der Waals surface area contributed by atoms with Gasteiger partial charge in [-0.15, -0.1) is 0 Å². The van der Waals surface area contributed by atoms with Gasteiger partial charge in [-0.25, -0.2) is 4.39 Å². The predicted octanol–water partition coefficient (Wildman–Crippen LogP) is 0.0754. The first-order valence-corrected chi connectivity index (χ1v) is 5.63. The summed E-state index contributed by atoms with van der Waals surface area (Å²) in [6, 6.07) is 3.54. The van der Waals surface area contributed by atoms with Crippen molar-refractivity contribution >= 4 is 0 Å². The number of hydrogen-bond donors (Lipinski definition) is 4. The third kappa shape index (κ3) is 2.46. The number of hydrogen-bond acceptors (Lipinski definition) is 5. The molecule has 4 atom stereocenters. The Hall–Kier alpha value is -1.21. The molecule has 2 rings (SSSR count). The second kappa shape index (κ2) is 5.19. The van der Waals surface area contributed by atoms with Crippen LogP contribution in [-0.2, 0) is 4.74 Å². The molecule has 0 radical (unpaired) electrons. The van der Waals surface area contributed by atoms with Crippen LogP contribution >= 0.6 is 0 Å². The van der Waals surface area contributed by atoms with E-state index in [0.29, 0.717) is 5.56 Å². The number of benzene rings is 1. The lowest BCUT2D eigenvalue weighted by atomic mass is 9.93. The number of aliphatic hydroxyl groups excluding tert-OH is 3. The van der Waals surface area contributed by atoms with E-state index in [4.69, 9.17) is 9.84 Å². The Labute approximate surface area is 103 Å². The van der Waals surface area contributed by atoms with E-state index in [1.807, 2.05) is 0 Å². The molecule has 0 unspecified atom stereocenters. The van der Waals surface area contributed by atoms with Gasteiger partial charge in [0.2, 0.25) is 0 Å². The van der Waals surface area contributed by atoms with Crippen molar-refractivity contribution in [3.05, 3.63) is 29.6 Å². The highest BCUT2D eigenvalue weighted by Crippen LogP contribution is 2.33. The number of ether oxygens (including phenoxy) is 1. The van der Waals surface area contributed by atoms with Crippen molar-refractivity contribution in [1.29, 1.82) is 0 Å². The van der Waals surface area contributed by atoms with Crippen LogP contribution in [0.15, 0.2) is 18.2 Å². The summed E-state index contributed by atoms with van der Waals surface area (Å²) >= 11 is 0. The van der Waals surface area contributed by atoms with E-state index in [9.17, 15) is 19.7 Å². The van der Waals surface area contributed by atoms with Gasteiger partial charge in [0, 0.05) is 6.42 Å². The summed E-state index contributed by atoms with van der Waals surface area (Å²) in [5.74, 6) is -1.33. The average molecular weight is 258 g/mol. The molecule has 1 heterocycles. The van der Waals surface area contributed by atoms with Crippen LogP contribution in [0.4, 0.5) is 4.39 Å². The van der Waals surface area contributed by atoms with Gasteiger partial charge in [0.1, 0.15) is 12.2 Å². The minimum absolute atomic E-state index is 0.126. The second-order valence-corrected chi connectivity index (χ2v) is 4.37. The molecule has 100 valence electrons. The Morgan fingerprint density at radius 2 is 2.06 bits per heavy atom. The van der Waals surface area contributed by atoms with Gasteiger partial charge in [0.05, 0.1) is 18.8 Å². The van der Waals surface area contributed by atoms with Crippen LogP contribution in [0.25, 0.3) is 0 Å². The maximum Gasteiger partial charge on any atom is 0.164 e. The molecular weight excluding hydrogens is 243 g/mol. The van der Waals surface area contributed by atoms with Crippen LogP contribution in [0.1, 0.15) is 18.1 Å². The van der Waals surface area contributed by atoms with Gasteiger partial charge >= 0.3 is 0 Å². The molecule has 18 heavy (non-hydrogen) atoms. The molecule has 0 aromatic heterocycles. The monoisotopic (exact) mass is 258 g/mol. The highest BCUT2D eigenvalue weighted by molar-refractivity contribution is 5.31. The Balaban J connectivity index is 2.26. The van der Waals surface area contributed by atoms with E-state index in [0.717, 1.165) is 12.1 Å². The molecule has 6 heteroatoms. The number of phenolic OH excluding ortho intramolecular Hbond substituents is 1. The van der Waals surface area contributed by atoms with Crippen molar-refractivity contribution in [2.24, 2.45) is 0 Å². The van der Waals surface area contributed by atoms with Crippen molar-refractivity contribution in [3.63, 3.8) is 0 Å². The molecule has 1 saturated heterocycles. The van der Waals surface area contributed by atoms with Crippen molar-refractivity contribution in [3.8, 4) is 5.75 Å². The molecule has 0 spiro atoms. The Bertz CT molecular complexity index is 425. The highest BCUT2D eigenvalue weighted by atomic mass is 19.1. The van der Waals surface area contributed by atoms with Crippen LogP contribution in [0, 0.1) is 5.82 Å². The summed E-state index contributed by atoms with van der Waals surface area (Å²) in [5.41, 5.74) is 0.346. The summed E-state index contributed by atoms with van der Waals surface area (Å²) in [7, 11) is 0. The molecule has 0 aliphatic carbocycles. The van der Waals surface area contributed by atoms with E-state index in [2.05, 4.69) is 0 Å². The Kier molecular flexibility index (Phi) is 3.82. The molecule has 4 N–H and O–H groups in total. The largest absolute Gasteiger partial charge is 0.505 e. The van der Waals surface area contributed by atoms with Crippen LogP contribution in [0.2, 0.25) is 0 Å². The van der Waals surface area contributed by atoms with Gasteiger partial charge in [-0.3, -0.25) is 0 Å². The summed E-state index contributed by atoms with van der Waals surface area (Å²) in [6.07, 6.45) is -3.59. The first-order valence-electron chi connectivity index (χ1n) is 5.63. The van der Waals surface area contributed by atoms with E-state index < -0.39 is 36.0 Å². The lowest BCUT2D eigenvalue weighted by Gasteiger charge is -2.36. The molecule has 0 saturated carbocycles. The Morgan fingerprint density at radius 1 is 1.33 bits per heavy atom. The van der Waals surface area contributed by atoms with Crippen LogP contribution in [0.3, 0.4) is 0 Å². The molecular formula is C12H15FO5. The molecule has 1 fully saturated rings. The SMILES string of the molecule is OC[C@@H]1C[C@H](O)[C@H](O)[C@@H](c2ccc(F)c(O)c2)O1. The standard InChI is InChI=1S/C12H15FO5/c13-8-2-1-6(3-9(8)15)12-11(17)10(16)4-7(5-14)18-12/h1-3,7,10-12,14-17H,4-5H2/t7-,10-,11-,12+/m0/s1. The topological polar surface area (TPSA) is 90.2 Å². The minimum Gasteiger partial charge on any atom is -0.505 e. The van der Waals surface area contributed by atoms with Gasteiger partial charge in [0.25, 0.3) is 0 Å². The van der Waals surface area contributed by atoms with Crippen molar-refractivity contribution in [2.45, 2.75) is 30.8 Å². The lowest BCUT2D eigenvalue weighted by molar-refractivity contribution is -0.179. The van der Waals surface area contributed by atoms with Gasteiger partial charge in [-0.1, -0.05) is 6.07 Å². The van der Waals surface area contributed by atoms with Crippen LogP contribution < -0.4 is 0 Å². The first kappa shape index (κ1) is 13.2. The molecule has 1 aliphatic heterocycles. The number of halogens is 1. The smallest absolute Gasteiger partial charge is 0.164 e. The quantitative estimate of drug-likeness (QED) is 0.603. The number of rotatable bonds is 2. The maximum atomic E-state index is 12.9. The van der Waals surface area contributed by atoms with Crippen LogP contribution in [0.5, 0.6) is 5.75 Å². The van der Waals surface area contributed by atoms with Crippen LogP contribution in [-0.4, -0.2) is 45.3 Å². The number of aromatic hydroxyl groups is 1. The third-order valence-corrected chi connectivity index (χ3v) is 3.05. The second-order valence-electron chi connectivity index (χ2n) is 4.37. The van der Waals surface area contributed by atoms with E-state index >= 15 is 0 Å². The zero-order chi connectivity index (χ0) is 13.3. The van der Waals surface area contributed by atoms with E-state index in [-0.39, 0.29) is 13.0 Å². The third-order valence-electron chi connectivity index (χ3n) is 3.05. The first-order chi connectivity index (χ1) is 8.52.